The molecule has 1 aliphatic carbocycles. The minimum atomic E-state index is 0.534. The molecule has 0 spiro atoms. The van der Waals surface area contributed by atoms with E-state index in [0.29, 0.717) is 16.6 Å². The van der Waals surface area contributed by atoms with E-state index in [2.05, 4.69) is 18.3 Å². The predicted octanol–water partition coefficient (Wildman–Crippen LogP) is 4.27. The molecule has 0 aromatic heterocycles. The van der Waals surface area contributed by atoms with E-state index in [0.717, 1.165) is 18.0 Å². The third-order valence-corrected chi connectivity index (χ3v) is 4.51. The van der Waals surface area contributed by atoms with Crippen molar-refractivity contribution in [2.75, 3.05) is 0 Å². The first-order valence-electron chi connectivity index (χ1n) is 7.12. The number of nitriles is 1. The summed E-state index contributed by atoms with van der Waals surface area (Å²) in [6.07, 6.45) is 6.82. The fourth-order valence-corrected chi connectivity index (χ4v) is 3.08. The fraction of sp³-hybridized carbons (Fsp3) is 0.562. The van der Waals surface area contributed by atoms with Gasteiger partial charge in [0.05, 0.1) is 11.6 Å². The molecule has 1 N–H and O–H groups in total. The molecule has 1 fully saturated rings. The lowest BCUT2D eigenvalue weighted by atomic mass is 9.84. The lowest BCUT2D eigenvalue weighted by Gasteiger charge is -2.28. The Hall–Kier alpha value is -1.04. The number of rotatable bonds is 4. The standard InChI is InChI=1S/C16H21ClN2/c1-12(14-5-3-2-4-6-14)19-11-15-8-7-13(10-18)9-16(15)17/h7-9,12,14,19H,2-6,11H2,1H3. The Morgan fingerprint density at radius 2 is 2.11 bits per heavy atom. The Labute approximate surface area is 120 Å². The van der Waals surface area contributed by atoms with Crippen molar-refractivity contribution in [2.24, 2.45) is 5.92 Å². The Morgan fingerprint density at radius 3 is 2.74 bits per heavy atom. The summed E-state index contributed by atoms with van der Waals surface area (Å²) in [4.78, 5) is 0. The maximum Gasteiger partial charge on any atom is 0.0992 e. The molecule has 102 valence electrons. The van der Waals surface area contributed by atoms with Crippen molar-refractivity contribution in [2.45, 2.75) is 51.6 Å². The molecule has 19 heavy (non-hydrogen) atoms. The lowest BCUT2D eigenvalue weighted by molar-refractivity contribution is 0.280. The van der Waals surface area contributed by atoms with E-state index in [9.17, 15) is 0 Å². The van der Waals surface area contributed by atoms with E-state index in [4.69, 9.17) is 16.9 Å². The molecule has 2 nitrogen and oxygen atoms in total. The first-order chi connectivity index (χ1) is 9.20. The van der Waals surface area contributed by atoms with Crippen molar-refractivity contribution in [1.82, 2.24) is 5.32 Å². The van der Waals surface area contributed by atoms with E-state index in [-0.39, 0.29) is 0 Å². The number of nitrogens with one attached hydrogen (secondary N) is 1. The van der Waals surface area contributed by atoms with Gasteiger partial charge in [-0.1, -0.05) is 36.9 Å². The molecular weight excluding hydrogens is 256 g/mol. The van der Waals surface area contributed by atoms with Crippen LogP contribution in [-0.2, 0) is 6.54 Å². The van der Waals surface area contributed by atoms with Crippen LogP contribution in [0.4, 0.5) is 0 Å². The van der Waals surface area contributed by atoms with E-state index >= 15 is 0 Å². The highest BCUT2D eigenvalue weighted by atomic mass is 35.5. The smallest absolute Gasteiger partial charge is 0.0992 e. The molecule has 0 bridgehead atoms. The summed E-state index contributed by atoms with van der Waals surface area (Å²) in [5, 5.41) is 13.1. The summed E-state index contributed by atoms with van der Waals surface area (Å²) >= 11 is 6.19. The Kier molecular flexibility index (Phi) is 5.24. The third-order valence-electron chi connectivity index (χ3n) is 4.15. The van der Waals surface area contributed by atoms with Gasteiger partial charge in [0, 0.05) is 17.6 Å². The van der Waals surface area contributed by atoms with Crippen LogP contribution in [0.5, 0.6) is 0 Å². The van der Waals surface area contributed by atoms with Gasteiger partial charge in [0.2, 0.25) is 0 Å². The SMILES string of the molecule is CC(NCc1ccc(C#N)cc1Cl)C1CCCCC1. The average molecular weight is 277 g/mol. The number of halogens is 1. The number of benzene rings is 1. The minimum absolute atomic E-state index is 0.534. The first-order valence-corrected chi connectivity index (χ1v) is 7.50. The highest BCUT2D eigenvalue weighted by molar-refractivity contribution is 6.31. The maximum atomic E-state index is 8.82. The monoisotopic (exact) mass is 276 g/mol. The van der Waals surface area contributed by atoms with Gasteiger partial charge in [0.25, 0.3) is 0 Å². The van der Waals surface area contributed by atoms with Gasteiger partial charge < -0.3 is 5.32 Å². The highest BCUT2D eigenvalue weighted by Gasteiger charge is 2.19. The van der Waals surface area contributed by atoms with Crippen molar-refractivity contribution in [1.29, 1.82) is 5.26 Å². The molecule has 1 unspecified atom stereocenters. The molecule has 1 aromatic carbocycles. The topological polar surface area (TPSA) is 35.8 Å². The summed E-state index contributed by atoms with van der Waals surface area (Å²) < 4.78 is 0. The van der Waals surface area contributed by atoms with Gasteiger partial charge in [-0.3, -0.25) is 0 Å². The van der Waals surface area contributed by atoms with E-state index in [1.54, 1.807) is 6.07 Å². The Bertz CT molecular complexity index is 458. The second-order valence-corrected chi connectivity index (χ2v) is 5.89. The number of nitrogens with zero attached hydrogens (tertiary/aromatic N) is 1. The molecule has 0 amide bonds. The van der Waals surface area contributed by atoms with Crippen LogP contribution >= 0.6 is 11.6 Å². The van der Waals surface area contributed by atoms with Crippen LogP contribution in [0.15, 0.2) is 18.2 Å². The largest absolute Gasteiger partial charge is 0.310 e. The molecule has 1 saturated carbocycles. The molecule has 0 radical (unpaired) electrons. The molecule has 3 heteroatoms. The van der Waals surface area contributed by atoms with Crippen molar-refractivity contribution in [3.8, 4) is 6.07 Å². The maximum absolute atomic E-state index is 8.82. The Morgan fingerprint density at radius 1 is 1.37 bits per heavy atom. The van der Waals surface area contributed by atoms with E-state index in [1.807, 2.05) is 12.1 Å². The van der Waals surface area contributed by atoms with Gasteiger partial charge in [-0.25, -0.2) is 0 Å². The van der Waals surface area contributed by atoms with Crippen LogP contribution in [0.1, 0.15) is 50.2 Å². The second kappa shape index (κ2) is 6.93. The lowest BCUT2D eigenvalue weighted by Crippen LogP contribution is -2.34. The predicted molar refractivity (Wildman–Crippen MR) is 79.0 cm³/mol. The van der Waals surface area contributed by atoms with Gasteiger partial charge in [0.15, 0.2) is 0 Å². The first kappa shape index (κ1) is 14.4. The van der Waals surface area contributed by atoms with Crippen LogP contribution < -0.4 is 5.32 Å². The summed E-state index contributed by atoms with van der Waals surface area (Å²) in [6, 6.07) is 8.15. The van der Waals surface area contributed by atoms with Crippen LogP contribution in [0.3, 0.4) is 0 Å². The van der Waals surface area contributed by atoms with Crippen LogP contribution in [0.25, 0.3) is 0 Å². The van der Waals surface area contributed by atoms with Crippen LogP contribution in [0, 0.1) is 17.2 Å². The number of hydrogen-bond acceptors (Lipinski definition) is 2. The Balaban J connectivity index is 1.89. The van der Waals surface area contributed by atoms with Crippen molar-refractivity contribution in [3.63, 3.8) is 0 Å². The van der Waals surface area contributed by atoms with Gasteiger partial charge in [-0.15, -0.1) is 0 Å². The van der Waals surface area contributed by atoms with E-state index in [1.165, 1.54) is 32.1 Å². The molecule has 1 aliphatic rings. The zero-order valence-corrected chi connectivity index (χ0v) is 12.2. The zero-order valence-electron chi connectivity index (χ0n) is 11.5. The van der Waals surface area contributed by atoms with Crippen molar-refractivity contribution >= 4 is 11.6 Å². The third kappa shape index (κ3) is 3.96. The summed E-state index contributed by atoms with van der Waals surface area (Å²) in [5.74, 6) is 0.797. The molecule has 0 saturated heterocycles. The number of hydrogen-bond donors (Lipinski definition) is 1. The normalized spacial score (nSPS) is 17.9. The summed E-state index contributed by atoms with van der Waals surface area (Å²) in [7, 11) is 0. The second-order valence-electron chi connectivity index (χ2n) is 5.49. The molecule has 1 atom stereocenters. The molecule has 0 aliphatic heterocycles. The molecular formula is C16H21ClN2. The van der Waals surface area contributed by atoms with Gasteiger partial charge in [0.1, 0.15) is 0 Å². The summed E-state index contributed by atoms with van der Waals surface area (Å²) in [6.45, 7) is 3.05. The minimum Gasteiger partial charge on any atom is -0.310 e. The molecule has 0 heterocycles. The molecule has 1 aromatic rings. The van der Waals surface area contributed by atoms with E-state index < -0.39 is 0 Å². The zero-order chi connectivity index (χ0) is 13.7. The summed E-state index contributed by atoms with van der Waals surface area (Å²) in [5.41, 5.74) is 1.69. The van der Waals surface area contributed by atoms with Crippen LogP contribution in [-0.4, -0.2) is 6.04 Å². The quantitative estimate of drug-likeness (QED) is 0.891. The average Bonchev–Trinajstić information content (AvgIpc) is 2.46. The van der Waals surface area contributed by atoms with Crippen LogP contribution in [0.2, 0.25) is 5.02 Å². The van der Waals surface area contributed by atoms with Gasteiger partial charge >= 0.3 is 0 Å². The molecule has 2 rings (SSSR count). The van der Waals surface area contributed by atoms with Crippen molar-refractivity contribution in [3.05, 3.63) is 34.3 Å². The fourth-order valence-electron chi connectivity index (χ4n) is 2.83. The van der Waals surface area contributed by atoms with Gasteiger partial charge in [-0.05, 0) is 43.4 Å². The van der Waals surface area contributed by atoms with Gasteiger partial charge in [-0.2, -0.15) is 5.26 Å². The van der Waals surface area contributed by atoms with Crippen molar-refractivity contribution < 1.29 is 0 Å². The highest BCUT2D eigenvalue weighted by Crippen LogP contribution is 2.26.